The SMILES string of the molecule is CCNC(CCC(C)(C)C)c1cccc(S(C)(=O)=O)c1. The van der Waals surface area contributed by atoms with Crippen molar-refractivity contribution in [2.24, 2.45) is 5.41 Å². The second kappa shape index (κ2) is 6.72. The maximum Gasteiger partial charge on any atom is 0.175 e. The predicted octanol–water partition coefficient (Wildman–Crippen LogP) is 3.57. The fourth-order valence-electron chi connectivity index (χ4n) is 2.17. The molecule has 1 aromatic rings. The molecule has 0 aliphatic rings. The highest BCUT2D eigenvalue weighted by atomic mass is 32.2. The summed E-state index contributed by atoms with van der Waals surface area (Å²) >= 11 is 0. The summed E-state index contributed by atoms with van der Waals surface area (Å²) in [7, 11) is -3.14. The van der Waals surface area contributed by atoms with E-state index >= 15 is 0 Å². The van der Waals surface area contributed by atoms with Crippen molar-refractivity contribution >= 4 is 9.84 Å². The minimum atomic E-state index is -3.14. The monoisotopic (exact) mass is 297 g/mol. The third-order valence-electron chi connectivity index (χ3n) is 3.32. The van der Waals surface area contributed by atoms with Crippen molar-refractivity contribution in [3.8, 4) is 0 Å². The van der Waals surface area contributed by atoms with Gasteiger partial charge in [-0.2, -0.15) is 0 Å². The molecule has 1 atom stereocenters. The molecule has 114 valence electrons. The van der Waals surface area contributed by atoms with E-state index in [0.29, 0.717) is 4.90 Å². The van der Waals surface area contributed by atoms with Gasteiger partial charge in [0.2, 0.25) is 0 Å². The van der Waals surface area contributed by atoms with Gasteiger partial charge >= 0.3 is 0 Å². The normalized spacial score (nSPS) is 14.2. The van der Waals surface area contributed by atoms with Crippen LogP contribution in [-0.4, -0.2) is 21.2 Å². The highest BCUT2D eigenvalue weighted by molar-refractivity contribution is 7.90. The van der Waals surface area contributed by atoms with Crippen LogP contribution in [0.1, 0.15) is 52.1 Å². The zero-order valence-electron chi connectivity index (χ0n) is 13.2. The molecule has 3 nitrogen and oxygen atoms in total. The number of benzene rings is 1. The van der Waals surface area contributed by atoms with Gasteiger partial charge in [0.05, 0.1) is 4.90 Å². The molecule has 0 fully saturated rings. The van der Waals surface area contributed by atoms with Gasteiger partial charge in [-0.05, 0) is 42.5 Å². The predicted molar refractivity (Wildman–Crippen MR) is 84.7 cm³/mol. The Labute approximate surface area is 123 Å². The van der Waals surface area contributed by atoms with Crippen molar-refractivity contribution in [1.82, 2.24) is 5.32 Å². The molecule has 0 amide bonds. The minimum absolute atomic E-state index is 0.209. The Bertz CT molecular complexity index is 530. The number of nitrogens with one attached hydrogen (secondary N) is 1. The van der Waals surface area contributed by atoms with Crippen LogP contribution in [0, 0.1) is 5.41 Å². The third kappa shape index (κ3) is 5.63. The molecule has 0 saturated carbocycles. The van der Waals surface area contributed by atoms with Crippen LogP contribution in [0.5, 0.6) is 0 Å². The van der Waals surface area contributed by atoms with E-state index in [9.17, 15) is 8.42 Å². The highest BCUT2D eigenvalue weighted by Crippen LogP contribution is 2.28. The number of rotatable bonds is 6. The van der Waals surface area contributed by atoms with E-state index in [1.807, 2.05) is 12.1 Å². The van der Waals surface area contributed by atoms with Gasteiger partial charge in [0.25, 0.3) is 0 Å². The van der Waals surface area contributed by atoms with Crippen LogP contribution >= 0.6 is 0 Å². The summed E-state index contributed by atoms with van der Waals surface area (Å²) in [4.78, 5) is 0.397. The van der Waals surface area contributed by atoms with Gasteiger partial charge in [0.15, 0.2) is 9.84 Å². The van der Waals surface area contributed by atoms with Gasteiger partial charge in [-0.1, -0.05) is 39.8 Å². The minimum Gasteiger partial charge on any atom is -0.310 e. The molecule has 4 heteroatoms. The van der Waals surface area contributed by atoms with Crippen LogP contribution in [0.4, 0.5) is 0 Å². The first-order valence-electron chi connectivity index (χ1n) is 7.17. The first-order valence-corrected chi connectivity index (χ1v) is 9.06. The lowest BCUT2D eigenvalue weighted by atomic mass is 9.87. The fourth-order valence-corrected chi connectivity index (χ4v) is 2.85. The van der Waals surface area contributed by atoms with Gasteiger partial charge in [0.1, 0.15) is 0 Å². The van der Waals surface area contributed by atoms with Crippen molar-refractivity contribution < 1.29 is 8.42 Å². The lowest BCUT2D eigenvalue weighted by Gasteiger charge is -2.24. The van der Waals surface area contributed by atoms with Crippen LogP contribution in [0.15, 0.2) is 29.2 Å². The summed E-state index contributed by atoms with van der Waals surface area (Å²) in [6.45, 7) is 9.62. The van der Waals surface area contributed by atoms with Crippen LogP contribution in [0.25, 0.3) is 0 Å². The van der Waals surface area contributed by atoms with E-state index in [1.54, 1.807) is 12.1 Å². The number of hydrogen-bond donors (Lipinski definition) is 1. The van der Waals surface area contributed by atoms with Gasteiger partial charge < -0.3 is 5.32 Å². The van der Waals surface area contributed by atoms with Gasteiger partial charge in [0, 0.05) is 12.3 Å². The molecule has 1 aromatic carbocycles. The molecule has 0 aliphatic carbocycles. The number of hydrogen-bond acceptors (Lipinski definition) is 3. The molecule has 1 rings (SSSR count). The van der Waals surface area contributed by atoms with E-state index in [0.717, 1.165) is 24.9 Å². The third-order valence-corrected chi connectivity index (χ3v) is 4.43. The van der Waals surface area contributed by atoms with E-state index in [-0.39, 0.29) is 11.5 Å². The van der Waals surface area contributed by atoms with Crippen molar-refractivity contribution in [2.75, 3.05) is 12.8 Å². The van der Waals surface area contributed by atoms with Crippen molar-refractivity contribution in [2.45, 2.75) is 51.5 Å². The Kier molecular flexibility index (Phi) is 5.78. The lowest BCUT2D eigenvalue weighted by Crippen LogP contribution is -2.22. The van der Waals surface area contributed by atoms with E-state index in [2.05, 4.69) is 33.0 Å². The van der Waals surface area contributed by atoms with Gasteiger partial charge in [-0.3, -0.25) is 0 Å². The Balaban J connectivity index is 2.97. The van der Waals surface area contributed by atoms with E-state index < -0.39 is 9.84 Å². The molecule has 0 saturated heterocycles. The zero-order chi connectivity index (χ0) is 15.4. The van der Waals surface area contributed by atoms with Crippen LogP contribution in [0.2, 0.25) is 0 Å². The van der Waals surface area contributed by atoms with Crippen molar-refractivity contribution in [1.29, 1.82) is 0 Å². The Morgan fingerprint density at radius 2 is 1.90 bits per heavy atom. The molecule has 0 heterocycles. The largest absolute Gasteiger partial charge is 0.310 e. The van der Waals surface area contributed by atoms with Crippen molar-refractivity contribution in [3.63, 3.8) is 0 Å². The number of sulfone groups is 1. The summed E-state index contributed by atoms with van der Waals surface area (Å²) in [6.07, 6.45) is 3.35. The molecule has 0 bridgehead atoms. The molecule has 1 N–H and O–H groups in total. The molecule has 20 heavy (non-hydrogen) atoms. The molecular weight excluding hydrogens is 270 g/mol. The van der Waals surface area contributed by atoms with E-state index in [4.69, 9.17) is 0 Å². The Morgan fingerprint density at radius 1 is 1.25 bits per heavy atom. The van der Waals surface area contributed by atoms with Crippen LogP contribution < -0.4 is 5.32 Å². The summed E-state index contributed by atoms with van der Waals surface area (Å²) in [6, 6.07) is 7.50. The first-order chi connectivity index (χ1) is 9.13. The lowest BCUT2D eigenvalue weighted by molar-refractivity contribution is 0.333. The molecule has 0 spiro atoms. The average Bonchev–Trinajstić information content (AvgIpc) is 2.32. The van der Waals surface area contributed by atoms with Crippen molar-refractivity contribution in [3.05, 3.63) is 29.8 Å². The standard InChI is InChI=1S/C16H27NO2S/c1-6-17-15(10-11-16(2,3)4)13-8-7-9-14(12-13)20(5,18)19/h7-9,12,15,17H,6,10-11H2,1-5H3. The smallest absolute Gasteiger partial charge is 0.175 e. The molecule has 0 aromatic heterocycles. The van der Waals surface area contributed by atoms with Crippen LogP contribution in [0.3, 0.4) is 0 Å². The average molecular weight is 297 g/mol. The summed E-state index contributed by atoms with van der Waals surface area (Å²) in [5.74, 6) is 0. The van der Waals surface area contributed by atoms with Gasteiger partial charge in [-0.15, -0.1) is 0 Å². The Hall–Kier alpha value is -0.870. The second-order valence-corrected chi connectivity index (χ2v) is 8.57. The fraction of sp³-hybridized carbons (Fsp3) is 0.625. The molecule has 1 unspecified atom stereocenters. The second-order valence-electron chi connectivity index (χ2n) is 6.55. The topological polar surface area (TPSA) is 46.2 Å². The maximum absolute atomic E-state index is 11.7. The Morgan fingerprint density at radius 3 is 2.40 bits per heavy atom. The van der Waals surface area contributed by atoms with Crippen LogP contribution in [-0.2, 0) is 9.84 Å². The van der Waals surface area contributed by atoms with E-state index in [1.165, 1.54) is 6.26 Å². The molecule has 0 radical (unpaired) electrons. The zero-order valence-corrected chi connectivity index (χ0v) is 14.0. The highest BCUT2D eigenvalue weighted by Gasteiger charge is 2.17. The molecule has 0 aliphatic heterocycles. The molecular formula is C16H27NO2S. The first kappa shape index (κ1) is 17.2. The van der Waals surface area contributed by atoms with Gasteiger partial charge in [-0.25, -0.2) is 8.42 Å². The summed E-state index contributed by atoms with van der Waals surface area (Å²) in [5, 5.41) is 3.46. The summed E-state index contributed by atoms with van der Waals surface area (Å²) in [5.41, 5.74) is 1.33. The maximum atomic E-state index is 11.7. The summed E-state index contributed by atoms with van der Waals surface area (Å²) < 4.78 is 23.3. The quantitative estimate of drug-likeness (QED) is 0.873.